The molecule has 0 saturated heterocycles. The first-order valence-electron chi connectivity index (χ1n) is 5.65. The molecule has 1 heterocycles. The third-order valence-corrected chi connectivity index (χ3v) is 2.47. The van der Waals surface area contributed by atoms with Gasteiger partial charge in [0.1, 0.15) is 5.69 Å². The number of ether oxygens (including phenoxy) is 1. The molecule has 0 fully saturated rings. The van der Waals surface area contributed by atoms with Gasteiger partial charge in [0.15, 0.2) is 5.84 Å². The molecule has 0 atom stereocenters. The highest BCUT2D eigenvalue weighted by molar-refractivity contribution is 5.95. The highest BCUT2D eigenvalue weighted by Crippen LogP contribution is 2.07. The van der Waals surface area contributed by atoms with Crippen LogP contribution in [0.2, 0.25) is 0 Å². The lowest BCUT2D eigenvalue weighted by atomic mass is 10.1. The van der Waals surface area contributed by atoms with E-state index < -0.39 is 0 Å². The predicted octanol–water partition coefficient (Wildman–Crippen LogP) is 0.691. The van der Waals surface area contributed by atoms with E-state index in [0.29, 0.717) is 18.8 Å². The highest BCUT2D eigenvalue weighted by Gasteiger charge is 2.16. The summed E-state index contributed by atoms with van der Waals surface area (Å²) in [5, 5.41) is 14.9. The van der Waals surface area contributed by atoms with Gasteiger partial charge in [-0.3, -0.25) is 4.98 Å². The zero-order valence-electron chi connectivity index (χ0n) is 11.0. The van der Waals surface area contributed by atoms with Crippen molar-refractivity contribution in [3.05, 3.63) is 29.6 Å². The molecular weight excluding hydrogens is 232 g/mol. The SMILES string of the molecule is COCC(C)(C)NCc1ccnc(/C(N)=N/O)c1. The molecule has 0 aliphatic heterocycles. The summed E-state index contributed by atoms with van der Waals surface area (Å²) in [7, 11) is 1.67. The highest BCUT2D eigenvalue weighted by atomic mass is 16.5. The van der Waals surface area contributed by atoms with Gasteiger partial charge in [0, 0.05) is 25.4 Å². The number of nitrogens with one attached hydrogen (secondary N) is 1. The summed E-state index contributed by atoms with van der Waals surface area (Å²) >= 11 is 0. The van der Waals surface area contributed by atoms with E-state index in [1.807, 2.05) is 6.07 Å². The van der Waals surface area contributed by atoms with Crippen LogP contribution in [0.3, 0.4) is 0 Å². The second kappa shape index (κ2) is 6.32. The predicted molar refractivity (Wildman–Crippen MR) is 69.5 cm³/mol. The number of hydrogen-bond donors (Lipinski definition) is 3. The maximum Gasteiger partial charge on any atom is 0.188 e. The van der Waals surface area contributed by atoms with Crippen LogP contribution in [-0.2, 0) is 11.3 Å². The van der Waals surface area contributed by atoms with Gasteiger partial charge < -0.3 is 21.0 Å². The number of aromatic nitrogens is 1. The van der Waals surface area contributed by atoms with Crippen molar-refractivity contribution in [3.8, 4) is 0 Å². The number of methoxy groups -OCH3 is 1. The zero-order chi connectivity index (χ0) is 13.6. The van der Waals surface area contributed by atoms with Crippen LogP contribution in [0.1, 0.15) is 25.1 Å². The maximum absolute atomic E-state index is 8.60. The first-order chi connectivity index (χ1) is 8.48. The summed E-state index contributed by atoms with van der Waals surface area (Å²) in [4.78, 5) is 4.02. The van der Waals surface area contributed by atoms with Crippen molar-refractivity contribution in [2.75, 3.05) is 13.7 Å². The standard InChI is InChI=1S/C12H20N4O2/c1-12(2,8-18-3)15-7-9-4-5-14-10(6-9)11(13)16-17/h4-6,15,17H,7-8H2,1-3H3,(H2,13,16). The van der Waals surface area contributed by atoms with Crippen molar-refractivity contribution in [2.45, 2.75) is 25.9 Å². The normalized spacial score (nSPS) is 12.7. The Balaban J connectivity index is 2.69. The van der Waals surface area contributed by atoms with Crippen molar-refractivity contribution in [1.29, 1.82) is 0 Å². The largest absolute Gasteiger partial charge is 0.409 e. The molecule has 0 amide bonds. The van der Waals surface area contributed by atoms with E-state index in [4.69, 9.17) is 15.7 Å². The Hall–Kier alpha value is -1.66. The van der Waals surface area contributed by atoms with Crippen LogP contribution in [0.25, 0.3) is 0 Å². The van der Waals surface area contributed by atoms with Crippen molar-refractivity contribution < 1.29 is 9.94 Å². The molecule has 4 N–H and O–H groups in total. The maximum atomic E-state index is 8.60. The number of amidine groups is 1. The lowest BCUT2D eigenvalue weighted by Crippen LogP contribution is -2.42. The van der Waals surface area contributed by atoms with Crippen molar-refractivity contribution in [1.82, 2.24) is 10.3 Å². The van der Waals surface area contributed by atoms with Gasteiger partial charge in [-0.25, -0.2) is 0 Å². The molecule has 0 radical (unpaired) electrons. The first-order valence-corrected chi connectivity index (χ1v) is 5.65. The van der Waals surface area contributed by atoms with Crippen LogP contribution < -0.4 is 11.1 Å². The molecule has 100 valence electrons. The van der Waals surface area contributed by atoms with Crippen LogP contribution in [0, 0.1) is 0 Å². The molecule has 1 aromatic heterocycles. The average molecular weight is 252 g/mol. The van der Waals surface area contributed by atoms with Gasteiger partial charge in [-0.15, -0.1) is 0 Å². The molecule has 1 rings (SSSR count). The van der Waals surface area contributed by atoms with Crippen LogP contribution in [-0.4, -0.2) is 35.3 Å². The fourth-order valence-electron chi connectivity index (χ4n) is 1.53. The summed E-state index contributed by atoms with van der Waals surface area (Å²) in [5.41, 5.74) is 6.84. The third-order valence-electron chi connectivity index (χ3n) is 2.47. The molecule has 0 aliphatic rings. The molecule has 0 saturated carbocycles. The van der Waals surface area contributed by atoms with E-state index in [-0.39, 0.29) is 11.4 Å². The Morgan fingerprint density at radius 1 is 1.61 bits per heavy atom. The monoisotopic (exact) mass is 252 g/mol. The van der Waals surface area contributed by atoms with Crippen molar-refractivity contribution >= 4 is 5.84 Å². The Morgan fingerprint density at radius 3 is 2.94 bits per heavy atom. The summed E-state index contributed by atoms with van der Waals surface area (Å²) < 4.78 is 5.13. The summed E-state index contributed by atoms with van der Waals surface area (Å²) in [5.74, 6) is 0.00741. The Morgan fingerprint density at radius 2 is 2.33 bits per heavy atom. The fourth-order valence-corrected chi connectivity index (χ4v) is 1.53. The molecular formula is C12H20N4O2. The summed E-state index contributed by atoms with van der Waals surface area (Å²) in [6, 6.07) is 3.66. The molecule has 1 aromatic rings. The zero-order valence-corrected chi connectivity index (χ0v) is 11.0. The average Bonchev–Trinajstić information content (AvgIpc) is 2.36. The minimum absolute atomic E-state index is 0.00741. The van der Waals surface area contributed by atoms with E-state index in [0.717, 1.165) is 5.56 Å². The second-order valence-corrected chi connectivity index (χ2v) is 4.71. The van der Waals surface area contributed by atoms with Gasteiger partial charge in [-0.05, 0) is 31.5 Å². The molecule has 0 aliphatic carbocycles. The molecule has 18 heavy (non-hydrogen) atoms. The minimum Gasteiger partial charge on any atom is -0.409 e. The van der Waals surface area contributed by atoms with E-state index in [2.05, 4.69) is 29.3 Å². The van der Waals surface area contributed by atoms with Gasteiger partial charge in [0.25, 0.3) is 0 Å². The topological polar surface area (TPSA) is 92.8 Å². The summed E-state index contributed by atoms with van der Waals surface area (Å²) in [6.45, 7) is 5.39. The number of pyridine rings is 1. The van der Waals surface area contributed by atoms with E-state index in [1.54, 1.807) is 19.4 Å². The number of oxime groups is 1. The molecule has 0 aromatic carbocycles. The third kappa shape index (κ3) is 4.31. The fraction of sp³-hybridized carbons (Fsp3) is 0.500. The van der Waals surface area contributed by atoms with Crippen molar-refractivity contribution in [2.24, 2.45) is 10.9 Å². The van der Waals surface area contributed by atoms with Gasteiger partial charge >= 0.3 is 0 Å². The van der Waals surface area contributed by atoms with Gasteiger partial charge in [-0.2, -0.15) is 0 Å². The Bertz CT molecular complexity index is 418. The number of nitrogens with two attached hydrogens (primary N) is 1. The number of rotatable bonds is 6. The summed E-state index contributed by atoms with van der Waals surface area (Å²) in [6.07, 6.45) is 1.63. The lowest BCUT2D eigenvalue weighted by Gasteiger charge is -2.25. The van der Waals surface area contributed by atoms with Gasteiger partial charge in [0.2, 0.25) is 0 Å². The van der Waals surface area contributed by atoms with Crippen LogP contribution in [0.15, 0.2) is 23.5 Å². The Kier molecular flexibility index (Phi) is 5.06. The van der Waals surface area contributed by atoms with E-state index in [9.17, 15) is 0 Å². The van der Waals surface area contributed by atoms with E-state index >= 15 is 0 Å². The molecule has 0 unspecified atom stereocenters. The Labute approximate surface area is 107 Å². The minimum atomic E-state index is -0.116. The van der Waals surface area contributed by atoms with Crippen LogP contribution in [0.5, 0.6) is 0 Å². The van der Waals surface area contributed by atoms with Crippen molar-refractivity contribution in [3.63, 3.8) is 0 Å². The number of hydrogen-bond acceptors (Lipinski definition) is 5. The van der Waals surface area contributed by atoms with Gasteiger partial charge in [-0.1, -0.05) is 5.16 Å². The molecule has 0 spiro atoms. The first kappa shape index (κ1) is 14.4. The quantitative estimate of drug-likeness (QED) is 0.300. The molecule has 6 nitrogen and oxygen atoms in total. The smallest absolute Gasteiger partial charge is 0.188 e. The molecule has 0 bridgehead atoms. The molecule has 6 heteroatoms. The van der Waals surface area contributed by atoms with Crippen LogP contribution in [0.4, 0.5) is 0 Å². The second-order valence-electron chi connectivity index (χ2n) is 4.71. The number of nitrogens with zero attached hydrogens (tertiary/aromatic N) is 2. The lowest BCUT2D eigenvalue weighted by molar-refractivity contribution is 0.128. The van der Waals surface area contributed by atoms with E-state index in [1.165, 1.54) is 0 Å². The van der Waals surface area contributed by atoms with Crippen LogP contribution >= 0.6 is 0 Å². The van der Waals surface area contributed by atoms with Gasteiger partial charge in [0.05, 0.1) is 6.61 Å².